The van der Waals surface area contributed by atoms with E-state index < -0.39 is 0 Å². The summed E-state index contributed by atoms with van der Waals surface area (Å²) in [5, 5.41) is 9.79. The van der Waals surface area contributed by atoms with Crippen LogP contribution in [-0.4, -0.2) is 28.2 Å². The minimum atomic E-state index is -0.292. The van der Waals surface area contributed by atoms with Crippen molar-refractivity contribution in [3.05, 3.63) is 205 Å². The predicted octanol–water partition coefficient (Wildman–Crippen LogP) is 15.7. The van der Waals surface area contributed by atoms with E-state index in [9.17, 15) is 0 Å². The van der Waals surface area contributed by atoms with Crippen LogP contribution in [0.3, 0.4) is 0 Å². The van der Waals surface area contributed by atoms with E-state index in [1.165, 1.54) is 88.1 Å². The molecule has 63 heavy (non-hydrogen) atoms. The zero-order valence-electron chi connectivity index (χ0n) is 36.8. The zero-order chi connectivity index (χ0) is 43.0. The van der Waals surface area contributed by atoms with Crippen LogP contribution in [0.25, 0.3) is 54.2 Å². The molecule has 11 rings (SSSR count). The monoisotopic (exact) mass is 814 g/mol. The molecule has 0 spiro atoms. The lowest BCUT2D eigenvalue weighted by Gasteiger charge is -2.31. The second kappa shape index (κ2) is 14.8. The van der Waals surface area contributed by atoms with E-state index >= 15 is 0 Å². The molecule has 0 heterocycles. The topological polar surface area (TPSA) is 13.0 Å². The van der Waals surface area contributed by atoms with Crippen molar-refractivity contribution in [2.75, 3.05) is 47.8 Å². The van der Waals surface area contributed by atoms with Crippen molar-refractivity contribution in [1.29, 1.82) is 0 Å². The Hall–Kier alpha value is -7.56. The van der Waals surface area contributed by atoms with Crippen LogP contribution in [0.5, 0.6) is 0 Å². The maximum atomic E-state index is 2.49. The molecular weight excluding hydrogens is 765 g/mol. The van der Waals surface area contributed by atoms with Crippen LogP contribution in [0, 0.1) is 0 Å². The van der Waals surface area contributed by atoms with Gasteiger partial charge >= 0.3 is 0 Å². The molecule has 0 bridgehead atoms. The highest BCUT2D eigenvalue weighted by molar-refractivity contribution is 6.15. The van der Waals surface area contributed by atoms with Crippen molar-refractivity contribution < 1.29 is 0 Å². The highest BCUT2D eigenvalue weighted by Crippen LogP contribution is 2.54. The van der Waals surface area contributed by atoms with E-state index in [0.29, 0.717) is 0 Å². The van der Waals surface area contributed by atoms with Crippen molar-refractivity contribution in [3.8, 4) is 11.1 Å². The summed E-state index contributed by atoms with van der Waals surface area (Å²) in [6.45, 7) is 4.80. The van der Waals surface area contributed by atoms with Crippen LogP contribution in [0.2, 0.25) is 0 Å². The largest absolute Gasteiger partial charge is 0.378 e. The first-order chi connectivity index (χ1) is 30.7. The maximum absolute atomic E-state index is 2.49. The smallest absolute Gasteiger partial charge is 0.0618 e. The first-order valence-electron chi connectivity index (χ1n) is 21.9. The first kappa shape index (κ1) is 38.4. The predicted molar refractivity (Wildman–Crippen MR) is 272 cm³/mol. The van der Waals surface area contributed by atoms with Gasteiger partial charge in [-0.05, 0) is 129 Å². The van der Waals surface area contributed by atoms with E-state index in [-0.39, 0.29) is 5.41 Å². The van der Waals surface area contributed by atoms with E-state index in [1.54, 1.807) is 0 Å². The van der Waals surface area contributed by atoms with Crippen LogP contribution >= 0.6 is 0 Å². The Balaban J connectivity index is 1.10. The molecule has 0 aromatic heterocycles. The molecule has 4 heteroatoms. The van der Waals surface area contributed by atoms with Gasteiger partial charge in [-0.1, -0.05) is 123 Å². The minimum Gasteiger partial charge on any atom is -0.378 e. The summed E-state index contributed by atoms with van der Waals surface area (Å²) < 4.78 is 0. The molecule has 1 aliphatic carbocycles. The third-order valence-corrected chi connectivity index (χ3v) is 13.3. The van der Waals surface area contributed by atoms with Gasteiger partial charge in [0.1, 0.15) is 0 Å². The zero-order valence-corrected chi connectivity index (χ0v) is 36.8. The lowest BCUT2D eigenvalue weighted by molar-refractivity contribution is 0.660. The summed E-state index contributed by atoms with van der Waals surface area (Å²) in [5.74, 6) is 0. The molecular formula is C59H50N4. The van der Waals surface area contributed by atoms with Gasteiger partial charge in [-0.2, -0.15) is 0 Å². The molecule has 10 aromatic rings. The van der Waals surface area contributed by atoms with Gasteiger partial charge < -0.3 is 19.6 Å². The fourth-order valence-corrected chi connectivity index (χ4v) is 10.1. The maximum Gasteiger partial charge on any atom is 0.0618 e. The fraction of sp³-hybridized carbons (Fsp3) is 0.119. The van der Waals surface area contributed by atoms with Crippen molar-refractivity contribution >= 4 is 88.6 Å². The van der Waals surface area contributed by atoms with Gasteiger partial charge in [0.25, 0.3) is 0 Å². The molecule has 0 N–H and O–H groups in total. The molecule has 0 atom stereocenters. The molecule has 1 aliphatic rings. The summed E-state index contributed by atoms with van der Waals surface area (Å²) in [5.41, 5.74) is 14.2. The second-order valence-corrected chi connectivity index (χ2v) is 17.9. The Morgan fingerprint density at radius 1 is 0.302 bits per heavy atom. The SMILES string of the molecule is CN(C)c1ccc(N(c2ccc3c(c2)C(C)(C)c2cc(N(c4ccc(N(C)C)cc4)c4c5ccccc5cc5ccccc45)ccc2-3)c2c3ccccc3cc3ccccc23)cc1. The van der Waals surface area contributed by atoms with Gasteiger partial charge in [0.05, 0.1) is 11.4 Å². The molecule has 0 amide bonds. The lowest BCUT2D eigenvalue weighted by Crippen LogP contribution is -2.18. The Bertz CT molecular complexity index is 3050. The Labute approximate surface area is 370 Å². The Kier molecular flexibility index (Phi) is 9.02. The van der Waals surface area contributed by atoms with Gasteiger partial charge in [0.2, 0.25) is 0 Å². The highest BCUT2D eigenvalue weighted by atomic mass is 15.2. The third-order valence-electron chi connectivity index (χ3n) is 13.3. The number of anilines is 8. The number of hydrogen-bond acceptors (Lipinski definition) is 4. The molecule has 0 aliphatic heterocycles. The van der Waals surface area contributed by atoms with Crippen LogP contribution in [0.4, 0.5) is 45.5 Å². The number of hydrogen-bond donors (Lipinski definition) is 0. The fourth-order valence-electron chi connectivity index (χ4n) is 10.1. The first-order valence-corrected chi connectivity index (χ1v) is 21.9. The molecule has 0 saturated heterocycles. The van der Waals surface area contributed by atoms with Crippen molar-refractivity contribution in [3.63, 3.8) is 0 Å². The Morgan fingerprint density at radius 2 is 0.587 bits per heavy atom. The molecule has 0 unspecified atom stereocenters. The van der Waals surface area contributed by atoms with Gasteiger partial charge in [-0.15, -0.1) is 0 Å². The van der Waals surface area contributed by atoms with Crippen LogP contribution in [0.1, 0.15) is 25.0 Å². The van der Waals surface area contributed by atoms with Crippen LogP contribution in [0.15, 0.2) is 194 Å². The Morgan fingerprint density at radius 3 is 0.905 bits per heavy atom. The minimum absolute atomic E-state index is 0.292. The van der Waals surface area contributed by atoms with Crippen LogP contribution < -0.4 is 19.6 Å². The lowest BCUT2D eigenvalue weighted by atomic mass is 9.82. The van der Waals surface area contributed by atoms with Crippen LogP contribution in [-0.2, 0) is 5.41 Å². The summed E-state index contributed by atoms with van der Waals surface area (Å²) in [6.07, 6.45) is 0. The summed E-state index contributed by atoms with van der Waals surface area (Å²) >= 11 is 0. The highest BCUT2D eigenvalue weighted by Gasteiger charge is 2.37. The molecule has 306 valence electrons. The third kappa shape index (κ3) is 6.28. The average Bonchev–Trinajstić information content (AvgIpc) is 3.53. The van der Waals surface area contributed by atoms with Gasteiger partial charge in [-0.25, -0.2) is 0 Å². The van der Waals surface area contributed by atoms with Crippen molar-refractivity contribution in [1.82, 2.24) is 0 Å². The summed E-state index contributed by atoms with van der Waals surface area (Å²) in [7, 11) is 8.39. The number of fused-ring (bicyclic) bond motifs is 7. The van der Waals surface area contributed by atoms with E-state index in [4.69, 9.17) is 0 Å². The van der Waals surface area contributed by atoms with E-state index in [0.717, 1.165) is 22.7 Å². The van der Waals surface area contributed by atoms with E-state index in [1.807, 2.05) is 0 Å². The number of nitrogens with zero attached hydrogens (tertiary/aromatic N) is 4. The number of rotatable bonds is 8. The molecule has 0 radical (unpaired) electrons. The van der Waals surface area contributed by atoms with Crippen molar-refractivity contribution in [2.24, 2.45) is 0 Å². The molecule has 4 nitrogen and oxygen atoms in total. The van der Waals surface area contributed by atoms with Gasteiger partial charge in [0.15, 0.2) is 0 Å². The normalized spacial score (nSPS) is 12.7. The molecule has 0 saturated carbocycles. The molecule has 0 fully saturated rings. The second-order valence-electron chi connectivity index (χ2n) is 17.9. The standard InChI is InChI=1S/C59H50N4/c1-59(2)55-37-47(62(45-27-23-43(24-28-45)60(3)4)57-49-19-11-7-15-39(49)35-40-16-8-12-20-50(40)57)31-33-53(55)54-34-32-48(38-56(54)59)63(46-29-25-44(26-30-46)61(5)6)58-51-21-13-9-17-41(51)36-42-18-10-14-22-52(42)58/h7-38H,1-6H3. The van der Waals surface area contributed by atoms with Gasteiger partial charge in [0, 0.05) is 89.3 Å². The van der Waals surface area contributed by atoms with Crippen molar-refractivity contribution in [2.45, 2.75) is 19.3 Å². The quantitative estimate of drug-likeness (QED) is 0.142. The van der Waals surface area contributed by atoms with Gasteiger partial charge in [-0.3, -0.25) is 0 Å². The molecule has 10 aromatic carbocycles. The summed E-state index contributed by atoms with van der Waals surface area (Å²) in [4.78, 5) is 9.29. The number of benzene rings is 10. The van der Waals surface area contributed by atoms with E-state index in [2.05, 4.69) is 256 Å². The summed E-state index contributed by atoms with van der Waals surface area (Å²) in [6, 6.07) is 72.1. The average molecular weight is 815 g/mol.